The van der Waals surface area contributed by atoms with Crippen LogP contribution in [0.1, 0.15) is 33.1 Å². The van der Waals surface area contributed by atoms with Gasteiger partial charge in [-0.1, -0.05) is 50.3 Å². The summed E-state index contributed by atoms with van der Waals surface area (Å²) in [6.07, 6.45) is 15.3. The molecule has 0 aromatic carbocycles. The zero-order chi connectivity index (χ0) is 22.9. The fourth-order valence-corrected chi connectivity index (χ4v) is 10.2. The van der Waals surface area contributed by atoms with Crippen LogP contribution in [0.5, 0.6) is 0 Å². The normalized spacial score (nSPS) is 12.9. The Kier molecular flexibility index (Phi) is 15.8. The predicted octanol–water partition coefficient (Wildman–Crippen LogP) is 8.22. The zero-order valence-corrected chi connectivity index (χ0v) is 21.7. The lowest BCUT2D eigenvalue weighted by atomic mass is 10.0. The van der Waals surface area contributed by atoms with E-state index >= 15 is 0 Å². The van der Waals surface area contributed by atoms with Gasteiger partial charge in [0.1, 0.15) is 0 Å². The van der Waals surface area contributed by atoms with Crippen molar-refractivity contribution >= 4 is 16.6 Å². The molecule has 0 bridgehead atoms. The van der Waals surface area contributed by atoms with Gasteiger partial charge in [-0.25, -0.2) is 0 Å². The van der Waals surface area contributed by atoms with Gasteiger partial charge >= 0.3 is 0 Å². The molecule has 0 saturated heterocycles. The Morgan fingerprint density at radius 1 is 0.600 bits per heavy atom. The van der Waals surface area contributed by atoms with E-state index < -0.39 is 16.6 Å². The minimum absolute atomic E-state index is 0.196. The quantitative estimate of drug-likeness (QED) is 0.131. The van der Waals surface area contributed by atoms with Crippen molar-refractivity contribution in [1.82, 2.24) is 0 Å². The molecular formula is C26H46O2Si2. The lowest BCUT2D eigenvalue weighted by molar-refractivity contribution is 0.134. The molecule has 1 atom stereocenters. The third kappa shape index (κ3) is 11.3. The van der Waals surface area contributed by atoms with Crippen molar-refractivity contribution in [2.24, 2.45) is 5.92 Å². The minimum Gasteiger partial charge on any atom is -0.416 e. The molecular weight excluding hydrogens is 400 g/mol. The summed E-state index contributed by atoms with van der Waals surface area (Å²) in [5.41, 5.74) is 0. The van der Waals surface area contributed by atoms with Crippen LogP contribution in [0.4, 0.5) is 0 Å². The van der Waals surface area contributed by atoms with Crippen LogP contribution in [0.25, 0.3) is 0 Å². The number of rotatable bonds is 21. The number of allylic oxidation sites excluding steroid dienone is 6. The van der Waals surface area contributed by atoms with Crippen LogP contribution in [0.15, 0.2) is 75.9 Å². The largest absolute Gasteiger partial charge is 0.416 e. The molecule has 0 aliphatic heterocycles. The SMILES string of the molecule is C=CC[Si](CC=C)(CC=C)OCCC(CCC(C)C)O[Si](CC=C)(CC=C)CC=C. The summed E-state index contributed by atoms with van der Waals surface area (Å²) >= 11 is 0. The van der Waals surface area contributed by atoms with Gasteiger partial charge in [0.15, 0.2) is 0 Å². The van der Waals surface area contributed by atoms with Crippen molar-refractivity contribution < 1.29 is 8.85 Å². The summed E-state index contributed by atoms with van der Waals surface area (Å²) in [4.78, 5) is 0. The summed E-state index contributed by atoms with van der Waals surface area (Å²) in [6.45, 7) is 29.1. The van der Waals surface area contributed by atoms with E-state index in [4.69, 9.17) is 8.85 Å². The van der Waals surface area contributed by atoms with E-state index in [1.165, 1.54) is 0 Å². The second kappa shape index (κ2) is 16.5. The van der Waals surface area contributed by atoms with Crippen molar-refractivity contribution in [3.05, 3.63) is 75.9 Å². The standard InChI is InChI=1S/C26H46O2Si2/c1-9-19-29(20-10-2,21-11-3)27-18-17-26(16-15-25(7)8)28-30(22-12-4,23-13-5)24-14-6/h9-14,25-26H,1-6,15-24H2,7-8H3. The molecule has 0 radical (unpaired) electrons. The van der Waals surface area contributed by atoms with E-state index in [1.807, 2.05) is 36.5 Å². The number of hydrogen-bond donors (Lipinski definition) is 0. The smallest absolute Gasteiger partial charge is 0.204 e. The Hall–Kier alpha value is -1.21. The molecule has 1 unspecified atom stereocenters. The van der Waals surface area contributed by atoms with Crippen molar-refractivity contribution in [2.45, 2.75) is 75.5 Å². The fraction of sp³-hybridized carbons (Fsp3) is 0.538. The van der Waals surface area contributed by atoms with Crippen LogP contribution in [-0.4, -0.2) is 29.3 Å². The maximum Gasteiger partial charge on any atom is 0.204 e. The highest BCUT2D eigenvalue weighted by molar-refractivity contribution is 6.75. The van der Waals surface area contributed by atoms with Crippen LogP contribution in [0.3, 0.4) is 0 Å². The van der Waals surface area contributed by atoms with E-state index in [1.54, 1.807) is 0 Å². The molecule has 30 heavy (non-hydrogen) atoms. The van der Waals surface area contributed by atoms with Gasteiger partial charge < -0.3 is 8.85 Å². The molecule has 0 aliphatic rings. The maximum absolute atomic E-state index is 6.90. The van der Waals surface area contributed by atoms with Gasteiger partial charge in [0.25, 0.3) is 0 Å². The van der Waals surface area contributed by atoms with Crippen LogP contribution < -0.4 is 0 Å². The summed E-state index contributed by atoms with van der Waals surface area (Å²) in [6, 6.07) is 5.53. The maximum atomic E-state index is 6.90. The Morgan fingerprint density at radius 3 is 1.37 bits per heavy atom. The summed E-state index contributed by atoms with van der Waals surface area (Å²) in [5, 5.41) is 0. The second-order valence-electron chi connectivity index (χ2n) is 8.67. The second-order valence-corrected chi connectivity index (χ2v) is 16.4. The Bertz CT molecular complexity index is 486. The van der Waals surface area contributed by atoms with Crippen LogP contribution in [0, 0.1) is 5.92 Å². The first-order valence-electron chi connectivity index (χ1n) is 11.3. The lowest BCUT2D eigenvalue weighted by Crippen LogP contribution is -2.42. The monoisotopic (exact) mass is 446 g/mol. The van der Waals surface area contributed by atoms with Crippen molar-refractivity contribution in [2.75, 3.05) is 6.61 Å². The average molecular weight is 447 g/mol. The van der Waals surface area contributed by atoms with Gasteiger partial charge in [-0.15, -0.1) is 39.5 Å². The lowest BCUT2D eigenvalue weighted by Gasteiger charge is -2.35. The molecule has 0 fully saturated rings. The molecule has 170 valence electrons. The Morgan fingerprint density at radius 2 is 1.00 bits per heavy atom. The first-order chi connectivity index (χ1) is 14.4. The van der Waals surface area contributed by atoms with Gasteiger partial charge in [-0.05, 0) is 61.4 Å². The molecule has 0 aliphatic carbocycles. The van der Waals surface area contributed by atoms with Gasteiger partial charge in [0, 0.05) is 12.7 Å². The van der Waals surface area contributed by atoms with Gasteiger partial charge in [0.05, 0.1) is 0 Å². The molecule has 0 N–H and O–H groups in total. The summed E-state index contributed by atoms with van der Waals surface area (Å²) in [5.74, 6) is 0.655. The molecule has 0 amide bonds. The van der Waals surface area contributed by atoms with E-state index in [0.717, 1.165) is 55.5 Å². The minimum atomic E-state index is -2.02. The fourth-order valence-electron chi connectivity index (χ4n) is 3.94. The van der Waals surface area contributed by atoms with E-state index in [9.17, 15) is 0 Å². The zero-order valence-electron chi connectivity index (χ0n) is 19.7. The van der Waals surface area contributed by atoms with Gasteiger partial charge in [-0.3, -0.25) is 0 Å². The van der Waals surface area contributed by atoms with Crippen LogP contribution >= 0.6 is 0 Å². The van der Waals surface area contributed by atoms with Crippen LogP contribution in [0.2, 0.25) is 36.3 Å². The Balaban J connectivity index is 5.39. The third-order valence-corrected chi connectivity index (χ3v) is 13.3. The molecule has 0 rings (SSSR count). The predicted molar refractivity (Wildman–Crippen MR) is 141 cm³/mol. The molecule has 0 aromatic rings. The molecule has 0 saturated carbocycles. The number of hydrogen-bond acceptors (Lipinski definition) is 2. The van der Waals surface area contributed by atoms with E-state index in [0.29, 0.717) is 12.5 Å². The highest BCUT2D eigenvalue weighted by Crippen LogP contribution is 2.30. The highest BCUT2D eigenvalue weighted by atomic mass is 28.4. The summed E-state index contributed by atoms with van der Waals surface area (Å²) in [7, 11) is -3.98. The van der Waals surface area contributed by atoms with E-state index in [2.05, 4.69) is 53.3 Å². The Labute approximate surface area is 189 Å². The molecule has 2 nitrogen and oxygen atoms in total. The molecule has 4 heteroatoms. The van der Waals surface area contributed by atoms with Crippen molar-refractivity contribution in [1.29, 1.82) is 0 Å². The first kappa shape index (κ1) is 28.8. The molecule has 0 spiro atoms. The summed E-state index contributed by atoms with van der Waals surface area (Å²) < 4.78 is 13.5. The topological polar surface area (TPSA) is 18.5 Å². The average Bonchev–Trinajstić information content (AvgIpc) is 2.67. The van der Waals surface area contributed by atoms with Gasteiger partial charge in [0.2, 0.25) is 16.6 Å². The van der Waals surface area contributed by atoms with Crippen molar-refractivity contribution in [3.63, 3.8) is 0 Å². The van der Waals surface area contributed by atoms with Crippen LogP contribution in [-0.2, 0) is 8.85 Å². The third-order valence-electron chi connectivity index (χ3n) is 5.43. The molecule has 0 heterocycles. The highest BCUT2D eigenvalue weighted by Gasteiger charge is 2.35. The molecule has 0 aromatic heterocycles. The van der Waals surface area contributed by atoms with Crippen molar-refractivity contribution in [3.8, 4) is 0 Å². The first-order valence-corrected chi connectivity index (χ1v) is 16.4. The van der Waals surface area contributed by atoms with E-state index in [-0.39, 0.29) is 6.10 Å². The van der Waals surface area contributed by atoms with Gasteiger partial charge in [-0.2, -0.15) is 0 Å².